The predicted molar refractivity (Wildman–Crippen MR) is 183 cm³/mol. The Balaban J connectivity index is 1.14. The van der Waals surface area contributed by atoms with Crippen LogP contribution in [0.1, 0.15) is 0 Å². The third-order valence-corrected chi connectivity index (χ3v) is 8.83. The summed E-state index contributed by atoms with van der Waals surface area (Å²) < 4.78 is 8.97. The lowest BCUT2D eigenvalue weighted by Gasteiger charge is -2.13. The van der Waals surface area contributed by atoms with Crippen LogP contribution in [-0.4, -0.2) is 4.57 Å². The van der Waals surface area contributed by atoms with Crippen LogP contribution in [0.3, 0.4) is 0 Å². The maximum atomic E-state index is 6.61. The van der Waals surface area contributed by atoms with Crippen LogP contribution in [0.2, 0.25) is 0 Å². The molecule has 0 atom stereocenters. The van der Waals surface area contributed by atoms with Gasteiger partial charge in [0.2, 0.25) is 0 Å². The molecule has 0 amide bonds. The number of benzene rings is 7. The van der Waals surface area contributed by atoms with Crippen molar-refractivity contribution in [2.24, 2.45) is 0 Å². The Bertz CT molecular complexity index is 2290. The van der Waals surface area contributed by atoms with Gasteiger partial charge in [0.15, 0.2) is 0 Å². The first-order valence-electron chi connectivity index (χ1n) is 15.0. The van der Waals surface area contributed by atoms with E-state index in [4.69, 9.17) is 4.74 Å². The van der Waals surface area contributed by atoms with Gasteiger partial charge in [0.05, 0.1) is 11.0 Å². The molecule has 44 heavy (non-hydrogen) atoms. The molecule has 2 heterocycles. The van der Waals surface area contributed by atoms with Crippen molar-refractivity contribution in [3.63, 3.8) is 0 Å². The molecule has 9 rings (SSSR count). The van der Waals surface area contributed by atoms with E-state index in [2.05, 4.69) is 168 Å². The number of aromatic nitrogens is 1. The Hall–Kier alpha value is -5.86. The van der Waals surface area contributed by atoms with Crippen LogP contribution < -0.4 is 4.74 Å². The van der Waals surface area contributed by atoms with Gasteiger partial charge >= 0.3 is 0 Å². The van der Waals surface area contributed by atoms with Crippen LogP contribution in [-0.2, 0) is 0 Å². The highest BCUT2D eigenvalue weighted by Gasteiger charge is 2.22. The third kappa shape index (κ3) is 3.89. The molecule has 0 saturated carbocycles. The van der Waals surface area contributed by atoms with Gasteiger partial charge in [-0.3, -0.25) is 0 Å². The van der Waals surface area contributed by atoms with E-state index in [-0.39, 0.29) is 0 Å². The van der Waals surface area contributed by atoms with E-state index < -0.39 is 0 Å². The quantitative estimate of drug-likeness (QED) is 0.209. The van der Waals surface area contributed by atoms with Gasteiger partial charge in [-0.25, -0.2) is 0 Å². The predicted octanol–water partition coefficient (Wildman–Crippen LogP) is 11.6. The second kappa shape index (κ2) is 9.86. The van der Waals surface area contributed by atoms with Gasteiger partial charge in [-0.05, 0) is 81.9 Å². The normalized spacial score (nSPS) is 11.8. The molecular weight excluding hydrogens is 534 g/mol. The number of hydrogen-bond acceptors (Lipinski definition) is 1. The van der Waals surface area contributed by atoms with Crippen LogP contribution in [0, 0.1) is 0 Å². The van der Waals surface area contributed by atoms with Crippen molar-refractivity contribution in [3.05, 3.63) is 164 Å². The van der Waals surface area contributed by atoms with Crippen molar-refractivity contribution >= 4 is 21.8 Å². The maximum absolute atomic E-state index is 6.61. The van der Waals surface area contributed by atoms with Crippen molar-refractivity contribution in [1.29, 1.82) is 0 Å². The first kappa shape index (κ1) is 24.7. The SMILES string of the molecule is c1ccc(-c2ccc3c(c2)-c2ccccc2-c2cc(-c4ccc(-n5c6ccccc6c6ccccc65)cc4)ccc2O3)cc1. The number of para-hydroxylation sites is 2. The van der Waals surface area contributed by atoms with Crippen LogP contribution in [0.15, 0.2) is 164 Å². The van der Waals surface area contributed by atoms with E-state index in [1.54, 1.807) is 0 Å². The molecule has 0 N–H and O–H groups in total. The maximum Gasteiger partial charge on any atom is 0.135 e. The smallest absolute Gasteiger partial charge is 0.135 e. The van der Waals surface area contributed by atoms with Crippen molar-refractivity contribution in [3.8, 4) is 61.7 Å². The molecule has 0 spiro atoms. The fraction of sp³-hybridized carbons (Fsp3) is 0. The minimum atomic E-state index is 0.870. The monoisotopic (exact) mass is 561 g/mol. The summed E-state index contributed by atoms with van der Waals surface area (Å²) in [5, 5.41) is 2.54. The zero-order valence-electron chi connectivity index (χ0n) is 23.9. The molecule has 2 heteroatoms. The lowest BCUT2D eigenvalue weighted by atomic mass is 9.91. The third-order valence-electron chi connectivity index (χ3n) is 8.83. The van der Waals surface area contributed by atoms with Crippen molar-refractivity contribution in [2.45, 2.75) is 0 Å². The van der Waals surface area contributed by atoms with Crippen molar-refractivity contribution in [1.82, 2.24) is 4.57 Å². The average molecular weight is 562 g/mol. The molecule has 0 radical (unpaired) electrons. The van der Waals surface area contributed by atoms with Crippen molar-refractivity contribution in [2.75, 3.05) is 0 Å². The van der Waals surface area contributed by atoms with E-state index in [0.717, 1.165) is 33.9 Å². The van der Waals surface area contributed by atoms with E-state index in [1.165, 1.54) is 49.6 Å². The molecule has 0 bridgehead atoms. The summed E-state index contributed by atoms with van der Waals surface area (Å²) in [6.45, 7) is 0. The molecule has 206 valence electrons. The minimum absolute atomic E-state index is 0.870. The number of hydrogen-bond donors (Lipinski definition) is 0. The molecule has 7 aromatic carbocycles. The number of fused-ring (bicyclic) bond motifs is 8. The molecule has 0 unspecified atom stereocenters. The van der Waals surface area contributed by atoms with Gasteiger partial charge < -0.3 is 9.30 Å². The van der Waals surface area contributed by atoms with E-state index in [0.29, 0.717) is 0 Å². The van der Waals surface area contributed by atoms with Crippen LogP contribution in [0.25, 0.3) is 72.0 Å². The Morgan fingerprint density at radius 2 is 0.795 bits per heavy atom. The molecule has 2 nitrogen and oxygen atoms in total. The van der Waals surface area contributed by atoms with Gasteiger partial charge in [0.25, 0.3) is 0 Å². The lowest BCUT2D eigenvalue weighted by Crippen LogP contribution is -1.93. The molecule has 1 aliphatic rings. The molecule has 0 fully saturated rings. The van der Waals surface area contributed by atoms with E-state index >= 15 is 0 Å². The van der Waals surface area contributed by atoms with Crippen LogP contribution >= 0.6 is 0 Å². The largest absolute Gasteiger partial charge is 0.456 e. The van der Waals surface area contributed by atoms with Gasteiger partial charge in [0, 0.05) is 27.6 Å². The fourth-order valence-electron chi connectivity index (χ4n) is 6.72. The molecule has 0 saturated heterocycles. The van der Waals surface area contributed by atoms with E-state index in [9.17, 15) is 0 Å². The van der Waals surface area contributed by atoms with Gasteiger partial charge in [0.1, 0.15) is 11.5 Å². The summed E-state index contributed by atoms with van der Waals surface area (Å²) in [6, 6.07) is 58.4. The highest BCUT2D eigenvalue weighted by atomic mass is 16.5. The summed E-state index contributed by atoms with van der Waals surface area (Å²) >= 11 is 0. The van der Waals surface area contributed by atoms with E-state index in [1.807, 2.05) is 0 Å². The summed E-state index contributed by atoms with van der Waals surface area (Å²) in [4.78, 5) is 0. The zero-order chi connectivity index (χ0) is 29.0. The van der Waals surface area contributed by atoms with Gasteiger partial charge in [-0.15, -0.1) is 0 Å². The summed E-state index contributed by atoms with van der Waals surface area (Å²) in [7, 11) is 0. The number of ether oxygens (including phenoxy) is 1. The Morgan fingerprint density at radius 3 is 1.36 bits per heavy atom. The summed E-state index contributed by atoms with van der Waals surface area (Å²) in [6.07, 6.45) is 0. The highest BCUT2D eigenvalue weighted by Crippen LogP contribution is 2.48. The first-order valence-corrected chi connectivity index (χ1v) is 15.0. The van der Waals surface area contributed by atoms with Gasteiger partial charge in [-0.2, -0.15) is 0 Å². The minimum Gasteiger partial charge on any atom is -0.456 e. The Labute approximate surface area is 256 Å². The molecular formula is C42H27NO. The molecule has 1 aromatic heterocycles. The van der Waals surface area contributed by atoms with Crippen LogP contribution in [0.4, 0.5) is 0 Å². The first-order chi connectivity index (χ1) is 21.8. The van der Waals surface area contributed by atoms with Crippen LogP contribution in [0.5, 0.6) is 11.5 Å². The second-order valence-electron chi connectivity index (χ2n) is 11.4. The topological polar surface area (TPSA) is 14.2 Å². The fourth-order valence-corrected chi connectivity index (χ4v) is 6.72. The second-order valence-corrected chi connectivity index (χ2v) is 11.4. The van der Waals surface area contributed by atoms with Crippen molar-refractivity contribution < 1.29 is 4.74 Å². The summed E-state index contributed by atoms with van der Waals surface area (Å²) in [5.74, 6) is 1.74. The zero-order valence-corrected chi connectivity index (χ0v) is 23.9. The highest BCUT2D eigenvalue weighted by molar-refractivity contribution is 6.09. The Morgan fingerprint density at radius 1 is 0.341 bits per heavy atom. The molecule has 0 aliphatic carbocycles. The average Bonchev–Trinajstić information content (AvgIpc) is 3.36. The standard InChI is InChI=1S/C42H27NO/c1-2-10-28(11-3-1)30-20-24-41-37(26-30)33-12-4-5-13-34(33)38-27-31(21-25-42(38)44-41)29-18-22-32(23-19-29)43-39-16-8-6-14-35(39)36-15-7-9-17-40(36)43/h1-27H. The number of rotatable bonds is 3. The lowest BCUT2D eigenvalue weighted by molar-refractivity contribution is 0.488. The molecule has 8 aromatic rings. The van der Waals surface area contributed by atoms with Gasteiger partial charge in [-0.1, -0.05) is 115 Å². The summed E-state index contributed by atoms with van der Waals surface area (Å²) in [5.41, 5.74) is 12.9. The number of nitrogens with zero attached hydrogens (tertiary/aromatic N) is 1. The Kier molecular flexibility index (Phi) is 5.54. The molecule has 1 aliphatic heterocycles.